The second kappa shape index (κ2) is 10.1. The zero-order valence-electron chi connectivity index (χ0n) is 20.1. The van der Waals surface area contributed by atoms with Gasteiger partial charge in [-0.2, -0.15) is 0 Å². The lowest BCUT2D eigenvalue weighted by Crippen LogP contribution is -2.33. The Bertz CT molecular complexity index is 1530. The molecule has 2 heterocycles. The maximum absolute atomic E-state index is 13.5. The number of fused-ring (bicyclic) bond motifs is 1. The molecule has 0 bridgehead atoms. The van der Waals surface area contributed by atoms with Crippen LogP contribution in [0.2, 0.25) is 0 Å². The molecular weight excluding hydrogens is 468 g/mol. The fourth-order valence-electron chi connectivity index (χ4n) is 4.68. The Morgan fingerprint density at radius 1 is 0.919 bits per heavy atom. The summed E-state index contributed by atoms with van der Waals surface area (Å²) < 4.78 is 4.78. The highest BCUT2D eigenvalue weighted by Crippen LogP contribution is 2.39. The summed E-state index contributed by atoms with van der Waals surface area (Å²) in [5, 5.41) is 13.1. The number of carbonyl (C=O) groups is 3. The van der Waals surface area contributed by atoms with Crippen molar-refractivity contribution in [3.63, 3.8) is 0 Å². The molecule has 1 atom stereocenters. The van der Waals surface area contributed by atoms with E-state index in [1.54, 1.807) is 36.4 Å². The largest absolute Gasteiger partial charge is 0.503 e. The zero-order valence-corrected chi connectivity index (χ0v) is 20.1. The van der Waals surface area contributed by atoms with E-state index in [9.17, 15) is 19.5 Å². The molecule has 7 nitrogen and oxygen atoms in total. The molecule has 1 amide bonds. The molecule has 0 spiro atoms. The molecule has 0 saturated heterocycles. The first kappa shape index (κ1) is 23.9. The first-order chi connectivity index (χ1) is 18.0. The number of ether oxygens (including phenoxy) is 1. The normalized spacial score (nSPS) is 15.3. The van der Waals surface area contributed by atoms with Crippen molar-refractivity contribution in [3.8, 4) is 0 Å². The molecule has 3 aromatic carbocycles. The van der Waals surface area contributed by atoms with Crippen LogP contribution < -0.4 is 0 Å². The third kappa shape index (κ3) is 4.59. The molecule has 1 N–H and O–H groups in total. The molecule has 0 aliphatic carbocycles. The van der Waals surface area contributed by atoms with Gasteiger partial charge in [-0.25, -0.2) is 4.79 Å². The first-order valence-corrected chi connectivity index (χ1v) is 11.8. The smallest absolute Gasteiger partial charge is 0.337 e. The molecule has 184 valence electrons. The average molecular weight is 493 g/mol. The summed E-state index contributed by atoms with van der Waals surface area (Å²) in [6.45, 7) is 0.276. The van der Waals surface area contributed by atoms with E-state index in [2.05, 4.69) is 11.1 Å². The van der Waals surface area contributed by atoms with E-state index in [-0.39, 0.29) is 12.1 Å². The number of methoxy groups -OCH3 is 1. The van der Waals surface area contributed by atoms with E-state index in [1.165, 1.54) is 24.4 Å². The van der Waals surface area contributed by atoms with Crippen LogP contribution >= 0.6 is 0 Å². The van der Waals surface area contributed by atoms with Crippen molar-refractivity contribution in [2.75, 3.05) is 13.7 Å². The maximum atomic E-state index is 13.5. The van der Waals surface area contributed by atoms with Crippen molar-refractivity contribution < 1.29 is 24.2 Å². The lowest BCUT2D eigenvalue weighted by atomic mass is 9.92. The van der Waals surface area contributed by atoms with Gasteiger partial charge in [-0.05, 0) is 52.6 Å². The molecule has 4 aromatic rings. The van der Waals surface area contributed by atoms with Crippen LogP contribution in [-0.4, -0.2) is 46.3 Å². The van der Waals surface area contributed by atoms with E-state index in [1.807, 2.05) is 36.4 Å². The molecule has 1 unspecified atom stereocenters. The number of aromatic nitrogens is 1. The number of aliphatic hydroxyl groups excluding tert-OH is 1. The van der Waals surface area contributed by atoms with Gasteiger partial charge in [-0.15, -0.1) is 0 Å². The lowest BCUT2D eigenvalue weighted by Gasteiger charge is -2.27. The fourth-order valence-corrected chi connectivity index (χ4v) is 4.68. The van der Waals surface area contributed by atoms with E-state index in [4.69, 9.17) is 4.74 Å². The van der Waals surface area contributed by atoms with Gasteiger partial charge in [-0.1, -0.05) is 54.6 Å². The van der Waals surface area contributed by atoms with Crippen molar-refractivity contribution in [2.45, 2.75) is 12.5 Å². The third-order valence-corrected chi connectivity index (χ3v) is 6.59. The second-order valence-corrected chi connectivity index (χ2v) is 8.77. The van der Waals surface area contributed by atoms with Crippen molar-refractivity contribution in [1.82, 2.24) is 9.88 Å². The van der Waals surface area contributed by atoms with Gasteiger partial charge in [0, 0.05) is 24.5 Å². The summed E-state index contributed by atoms with van der Waals surface area (Å²) in [7, 11) is 1.30. The van der Waals surface area contributed by atoms with Crippen LogP contribution in [-0.2, 0) is 16.0 Å². The molecule has 0 saturated carbocycles. The van der Waals surface area contributed by atoms with Gasteiger partial charge in [-0.3, -0.25) is 14.6 Å². The fraction of sp³-hybridized carbons (Fsp3) is 0.133. The summed E-state index contributed by atoms with van der Waals surface area (Å²) in [6, 6.07) is 22.9. The highest BCUT2D eigenvalue weighted by molar-refractivity contribution is 6.16. The van der Waals surface area contributed by atoms with Crippen LogP contribution in [0.4, 0.5) is 0 Å². The Labute approximate surface area is 213 Å². The number of rotatable bonds is 7. The van der Waals surface area contributed by atoms with Crippen LogP contribution in [0.3, 0.4) is 0 Å². The van der Waals surface area contributed by atoms with Crippen molar-refractivity contribution in [1.29, 1.82) is 0 Å². The first-order valence-electron chi connectivity index (χ1n) is 11.8. The molecule has 0 radical (unpaired) electrons. The van der Waals surface area contributed by atoms with Gasteiger partial charge in [0.2, 0.25) is 0 Å². The summed E-state index contributed by atoms with van der Waals surface area (Å²) in [4.78, 5) is 44.1. The number of nitrogens with zero attached hydrogens (tertiary/aromatic N) is 2. The van der Waals surface area contributed by atoms with Gasteiger partial charge >= 0.3 is 5.97 Å². The number of benzene rings is 3. The standard InChI is InChI=1S/C30H24N2O5/c1-37-30(36)23-10-8-21(9-11-23)26-25(27(33)22-12-15-31-16-13-22)28(34)29(35)32(26)17-14-19-6-7-20-4-2-3-5-24(20)18-19/h2-13,15-16,18,26,34H,14,17H2,1H3. The van der Waals surface area contributed by atoms with Crippen LogP contribution in [0.15, 0.2) is 103 Å². The van der Waals surface area contributed by atoms with Gasteiger partial charge in [0.25, 0.3) is 5.91 Å². The number of hydrogen-bond acceptors (Lipinski definition) is 6. The van der Waals surface area contributed by atoms with Crippen molar-refractivity contribution >= 4 is 28.4 Å². The summed E-state index contributed by atoms with van der Waals surface area (Å²) >= 11 is 0. The van der Waals surface area contributed by atoms with Gasteiger partial charge in [0.05, 0.1) is 24.3 Å². The summed E-state index contributed by atoms with van der Waals surface area (Å²) in [6.07, 6.45) is 3.50. The number of aliphatic hydroxyl groups is 1. The molecule has 7 heteroatoms. The number of esters is 1. The number of pyridine rings is 1. The predicted octanol–water partition coefficient (Wildman–Crippen LogP) is 4.84. The predicted molar refractivity (Wildman–Crippen MR) is 138 cm³/mol. The quantitative estimate of drug-likeness (QED) is 0.293. The number of ketones is 1. The molecule has 0 fully saturated rings. The zero-order chi connectivity index (χ0) is 25.9. The Morgan fingerprint density at radius 3 is 2.32 bits per heavy atom. The minimum atomic E-state index is -0.819. The Hall–Kier alpha value is -4.78. The van der Waals surface area contributed by atoms with Gasteiger partial charge in [0.1, 0.15) is 0 Å². The molecule has 1 aliphatic rings. The highest BCUT2D eigenvalue weighted by Gasteiger charge is 2.43. The lowest BCUT2D eigenvalue weighted by molar-refractivity contribution is -0.129. The van der Waals surface area contributed by atoms with E-state index in [0.29, 0.717) is 23.1 Å². The SMILES string of the molecule is COC(=O)c1ccc(C2C(C(=O)c3ccncc3)=C(O)C(=O)N2CCc2ccc3ccccc3c2)cc1. The van der Waals surface area contributed by atoms with E-state index < -0.39 is 29.5 Å². The molecule has 1 aliphatic heterocycles. The highest BCUT2D eigenvalue weighted by atomic mass is 16.5. The topological polar surface area (TPSA) is 96.8 Å². The van der Waals surface area contributed by atoms with Gasteiger partial charge in [0.15, 0.2) is 11.5 Å². The second-order valence-electron chi connectivity index (χ2n) is 8.77. The molecular formula is C30H24N2O5. The van der Waals surface area contributed by atoms with Gasteiger partial charge < -0.3 is 14.7 Å². The monoisotopic (exact) mass is 492 g/mol. The van der Waals surface area contributed by atoms with Crippen LogP contribution in [0.5, 0.6) is 0 Å². The molecule has 1 aromatic heterocycles. The number of hydrogen-bond donors (Lipinski definition) is 1. The minimum Gasteiger partial charge on any atom is -0.503 e. The molecule has 5 rings (SSSR count). The van der Waals surface area contributed by atoms with Crippen molar-refractivity contribution in [2.24, 2.45) is 0 Å². The van der Waals surface area contributed by atoms with Crippen molar-refractivity contribution in [3.05, 3.63) is 125 Å². The van der Waals surface area contributed by atoms with E-state index >= 15 is 0 Å². The van der Waals surface area contributed by atoms with Crippen LogP contribution in [0.25, 0.3) is 10.8 Å². The maximum Gasteiger partial charge on any atom is 0.337 e. The van der Waals surface area contributed by atoms with Crippen LogP contribution in [0.1, 0.15) is 37.9 Å². The Balaban J connectivity index is 1.50. The summed E-state index contributed by atoms with van der Waals surface area (Å²) in [5.41, 5.74) is 2.28. The number of Topliss-reactive ketones (excluding diaryl/α,β-unsaturated/α-hetero) is 1. The number of amides is 1. The minimum absolute atomic E-state index is 0.000490. The van der Waals surface area contributed by atoms with E-state index in [0.717, 1.165) is 16.3 Å². The average Bonchev–Trinajstić information content (AvgIpc) is 3.20. The number of carbonyl (C=O) groups excluding carboxylic acids is 3. The molecule has 37 heavy (non-hydrogen) atoms. The van der Waals surface area contributed by atoms with Crippen LogP contribution in [0, 0.1) is 0 Å². The Morgan fingerprint density at radius 2 is 1.62 bits per heavy atom. The third-order valence-electron chi connectivity index (χ3n) is 6.59. The Kier molecular flexibility index (Phi) is 6.51. The summed E-state index contributed by atoms with van der Waals surface area (Å²) in [5.74, 6) is -2.13.